The van der Waals surface area contributed by atoms with Crippen molar-refractivity contribution < 1.29 is 0 Å². The van der Waals surface area contributed by atoms with Gasteiger partial charge in [-0.2, -0.15) is 0 Å². The molecule has 2 rings (SSSR count). The van der Waals surface area contributed by atoms with E-state index < -0.39 is 0 Å². The molecule has 0 bridgehead atoms. The quantitative estimate of drug-likeness (QED) is 0.832. The van der Waals surface area contributed by atoms with E-state index in [0.717, 1.165) is 24.5 Å². The Bertz CT molecular complexity index is 332. The predicted molar refractivity (Wildman–Crippen MR) is 68.6 cm³/mol. The highest BCUT2D eigenvalue weighted by molar-refractivity contribution is 6.30. The van der Waals surface area contributed by atoms with Crippen molar-refractivity contribution in [3.8, 4) is 0 Å². The van der Waals surface area contributed by atoms with Crippen molar-refractivity contribution in [1.82, 2.24) is 5.32 Å². The molecule has 2 nitrogen and oxygen atoms in total. The van der Waals surface area contributed by atoms with Gasteiger partial charge in [-0.3, -0.25) is 0 Å². The summed E-state index contributed by atoms with van der Waals surface area (Å²) in [7, 11) is 0. The van der Waals surface area contributed by atoms with E-state index in [9.17, 15) is 0 Å². The smallest absolute Gasteiger partial charge is 0.0409 e. The third-order valence-electron chi connectivity index (χ3n) is 3.36. The molecule has 2 atom stereocenters. The molecule has 0 aliphatic carbocycles. The molecule has 1 fully saturated rings. The fraction of sp³-hybridized carbons (Fsp3) is 0.538. The van der Waals surface area contributed by atoms with Crippen LogP contribution < -0.4 is 11.1 Å². The van der Waals surface area contributed by atoms with Gasteiger partial charge in [0.25, 0.3) is 0 Å². The van der Waals surface area contributed by atoms with Gasteiger partial charge in [0.15, 0.2) is 0 Å². The largest absolute Gasteiger partial charge is 0.324 e. The summed E-state index contributed by atoms with van der Waals surface area (Å²) in [4.78, 5) is 0. The van der Waals surface area contributed by atoms with Crippen LogP contribution in [0.4, 0.5) is 0 Å². The first kappa shape index (κ1) is 11.9. The van der Waals surface area contributed by atoms with Crippen molar-refractivity contribution in [2.45, 2.75) is 25.3 Å². The van der Waals surface area contributed by atoms with Crippen molar-refractivity contribution in [3.63, 3.8) is 0 Å². The molecule has 1 aromatic carbocycles. The number of halogens is 1. The molecule has 0 spiro atoms. The minimum Gasteiger partial charge on any atom is -0.324 e. The summed E-state index contributed by atoms with van der Waals surface area (Å²) in [6, 6.07) is 8.07. The SMILES string of the molecule is NC(c1cccc(Cl)c1)C1CCCNCC1. The van der Waals surface area contributed by atoms with Gasteiger partial charge in [0.2, 0.25) is 0 Å². The summed E-state index contributed by atoms with van der Waals surface area (Å²) in [6.07, 6.45) is 3.59. The first-order valence-electron chi connectivity index (χ1n) is 5.99. The Morgan fingerprint density at radius 2 is 2.19 bits per heavy atom. The number of rotatable bonds is 2. The van der Waals surface area contributed by atoms with E-state index in [-0.39, 0.29) is 6.04 Å². The number of hydrogen-bond acceptors (Lipinski definition) is 2. The molecular formula is C13H19ClN2. The second kappa shape index (κ2) is 5.67. The van der Waals surface area contributed by atoms with E-state index >= 15 is 0 Å². The number of nitrogens with two attached hydrogens (primary N) is 1. The summed E-state index contributed by atoms with van der Waals surface area (Å²) in [5.41, 5.74) is 7.49. The maximum atomic E-state index is 6.32. The molecule has 1 heterocycles. The molecule has 3 heteroatoms. The minimum absolute atomic E-state index is 0.124. The van der Waals surface area contributed by atoms with Crippen molar-refractivity contribution in [2.75, 3.05) is 13.1 Å². The first-order chi connectivity index (χ1) is 7.77. The van der Waals surface area contributed by atoms with Crippen LogP contribution in [0.2, 0.25) is 5.02 Å². The Morgan fingerprint density at radius 3 is 3.00 bits per heavy atom. The molecule has 0 saturated carbocycles. The van der Waals surface area contributed by atoms with Crippen LogP contribution in [0.25, 0.3) is 0 Å². The average molecular weight is 239 g/mol. The van der Waals surface area contributed by atoms with Crippen LogP contribution in [0.5, 0.6) is 0 Å². The third-order valence-corrected chi connectivity index (χ3v) is 3.60. The second-order valence-electron chi connectivity index (χ2n) is 4.52. The Labute approximate surface area is 102 Å². The van der Waals surface area contributed by atoms with Crippen molar-refractivity contribution in [3.05, 3.63) is 34.9 Å². The van der Waals surface area contributed by atoms with Crippen molar-refractivity contribution in [1.29, 1.82) is 0 Å². The summed E-state index contributed by atoms with van der Waals surface area (Å²) in [5, 5.41) is 4.19. The molecule has 0 amide bonds. The zero-order valence-corrected chi connectivity index (χ0v) is 10.2. The third kappa shape index (κ3) is 2.97. The van der Waals surface area contributed by atoms with E-state index in [1.807, 2.05) is 18.2 Å². The van der Waals surface area contributed by atoms with Crippen LogP contribution in [0.15, 0.2) is 24.3 Å². The molecule has 1 aliphatic rings. The standard InChI is InChI=1S/C13H19ClN2/c14-12-5-1-3-11(9-12)13(15)10-4-2-7-16-8-6-10/h1,3,5,9-10,13,16H,2,4,6-8,15H2. The lowest BCUT2D eigenvalue weighted by Crippen LogP contribution is -2.22. The molecule has 0 aromatic heterocycles. The van der Waals surface area contributed by atoms with Gasteiger partial charge < -0.3 is 11.1 Å². The number of benzene rings is 1. The Hall–Kier alpha value is -0.570. The zero-order chi connectivity index (χ0) is 11.4. The highest BCUT2D eigenvalue weighted by atomic mass is 35.5. The van der Waals surface area contributed by atoms with Crippen LogP contribution in [0.3, 0.4) is 0 Å². The lowest BCUT2D eigenvalue weighted by atomic mass is 9.88. The maximum absolute atomic E-state index is 6.32. The van der Waals surface area contributed by atoms with Crippen LogP contribution in [-0.4, -0.2) is 13.1 Å². The summed E-state index contributed by atoms with van der Waals surface area (Å²) >= 11 is 5.99. The maximum Gasteiger partial charge on any atom is 0.0409 e. The van der Waals surface area contributed by atoms with Gasteiger partial charge in [-0.1, -0.05) is 23.7 Å². The summed E-state index contributed by atoms with van der Waals surface area (Å²) in [5.74, 6) is 0.577. The van der Waals surface area contributed by atoms with Gasteiger partial charge in [-0.25, -0.2) is 0 Å². The Kier molecular flexibility index (Phi) is 4.22. The molecule has 1 aromatic rings. The molecule has 0 radical (unpaired) electrons. The summed E-state index contributed by atoms with van der Waals surface area (Å²) in [6.45, 7) is 2.21. The monoisotopic (exact) mass is 238 g/mol. The van der Waals surface area contributed by atoms with Crippen LogP contribution in [0, 0.1) is 5.92 Å². The molecule has 1 aliphatic heterocycles. The normalized spacial score (nSPS) is 23.8. The molecule has 1 saturated heterocycles. The van der Waals surface area contributed by atoms with Crippen molar-refractivity contribution in [2.24, 2.45) is 11.7 Å². The van der Waals surface area contributed by atoms with E-state index in [2.05, 4.69) is 11.4 Å². The van der Waals surface area contributed by atoms with E-state index in [4.69, 9.17) is 17.3 Å². The van der Waals surface area contributed by atoms with E-state index in [1.165, 1.54) is 18.4 Å². The highest BCUT2D eigenvalue weighted by Crippen LogP contribution is 2.28. The van der Waals surface area contributed by atoms with E-state index in [1.54, 1.807) is 0 Å². The van der Waals surface area contributed by atoms with Gasteiger partial charge in [0.05, 0.1) is 0 Å². The lowest BCUT2D eigenvalue weighted by molar-refractivity contribution is 0.391. The van der Waals surface area contributed by atoms with Gasteiger partial charge in [0, 0.05) is 11.1 Å². The van der Waals surface area contributed by atoms with Gasteiger partial charge >= 0.3 is 0 Å². The Morgan fingerprint density at radius 1 is 1.31 bits per heavy atom. The van der Waals surface area contributed by atoms with Gasteiger partial charge in [-0.05, 0) is 56.0 Å². The minimum atomic E-state index is 0.124. The molecule has 16 heavy (non-hydrogen) atoms. The lowest BCUT2D eigenvalue weighted by Gasteiger charge is -2.22. The highest BCUT2D eigenvalue weighted by Gasteiger charge is 2.20. The zero-order valence-electron chi connectivity index (χ0n) is 9.45. The van der Waals surface area contributed by atoms with Crippen molar-refractivity contribution >= 4 is 11.6 Å². The predicted octanol–water partition coefficient (Wildman–Crippen LogP) is 2.73. The average Bonchev–Trinajstić information content (AvgIpc) is 2.56. The van der Waals surface area contributed by atoms with Crippen LogP contribution >= 0.6 is 11.6 Å². The molecule has 2 unspecified atom stereocenters. The first-order valence-corrected chi connectivity index (χ1v) is 6.37. The van der Waals surface area contributed by atoms with Gasteiger partial charge in [-0.15, -0.1) is 0 Å². The van der Waals surface area contributed by atoms with Crippen LogP contribution in [-0.2, 0) is 0 Å². The van der Waals surface area contributed by atoms with Gasteiger partial charge in [0.1, 0.15) is 0 Å². The molecule has 3 N–H and O–H groups in total. The second-order valence-corrected chi connectivity index (χ2v) is 4.96. The fourth-order valence-electron chi connectivity index (χ4n) is 2.39. The Balaban J connectivity index is 2.07. The summed E-state index contributed by atoms with van der Waals surface area (Å²) < 4.78 is 0. The van der Waals surface area contributed by atoms with Crippen LogP contribution in [0.1, 0.15) is 30.9 Å². The number of hydrogen-bond donors (Lipinski definition) is 2. The topological polar surface area (TPSA) is 38.0 Å². The molecular weight excluding hydrogens is 220 g/mol. The number of nitrogens with one attached hydrogen (secondary N) is 1. The molecule has 88 valence electrons. The fourth-order valence-corrected chi connectivity index (χ4v) is 2.59. The van der Waals surface area contributed by atoms with E-state index in [0.29, 0.717) is 5.92 Å².